The summed E-state index contributed by atoms with van der Waals surface area (Å²) in [6.07, 6.45) is -2.07. The molecule has 0 aliphatic heterocycles. The molecule has 0 saturated heterocycles. The molecule has 0 atom stereocenters. The third kappa shape index (κ3) is 3.19. The van der Waals surface area contributed by atoms with Crippen molar-refractivity contribution in [2.75, 3.05) is 0 Å². The summed E-state index contributed by atoms with van der Waals surface area (Å²) in [6, 6.07) is 0.492. The maximum absolute atomic E-state index is 12.6. The van der Waals surface area contributed by atoms with Gasteiger partial charge in [0.15, 0.2) is 5.01 Å². The Kier molecular flexibility index (Phi) is 3.45. The summed E-state index contributed by atoms with van der Waals surface area (Å²) in [5.41, 5.74) is 0.579. The Morgan fingerprint density at radius 3 is 2.53 bits per heavy atom. The SMILES string of the molecule is CC(C)c1nc(C(F)(F)F)sc1CNC1CC1. The van der Waals surface area contributed by atoms with Crippen LogP contribution in [0, 0.1) is 0 Å². The van der Waals surface area contributed by atoms with Crippen LogP contribution in [0.4, 0.5) is 13.2 Å². The minimum absolute atomic E-state index is 0.0263. The van der Waals surface area contributed by atoms with Crippen molar-refractivity contribution in [3.63, 3.8) is 0 Å². The third-order valence-electron chi connectivity index (χ3n) is 2.65. The molecule has 0 spiro atoms. The van der Waals surface area contributed by atoms with Crippen molar-refractivity contribution in [2.24, 2.45) is 0 Å². The lowest BCUT2D eigenvalue weighted by Crippen LogP contribution is -2.15. The molecule has 17 heavy (non-hydrogen) atoms. The highest BCUT2D eigenvalue weighted by Crippen LogP contribution is 2.36. The molecule has 0 radical (unpaired) electrons. The molecule has 0 bridgehead atoms. The van der Waals surface area contributed by atoms with Gasteiger partial charge in [0.25, 0.3) is 0 Å². The van der Waals surface area contributed by atoms with Gasteiger partial charge in [-0.25, -0.2) is 4.98 Å². The van der Waals surface area contributed by atoms with E-state index < -0.39 is 11.2 Å². The highest BCUT2D eigenvalue weighted by molar-refractivity contribution is 7.11. The number of nitrogens with one attached hydrogen (secondary N) is 1. The van der Waals surface area contributed by atoms with Gasteiger partial charge in [0.1, 0.15) is 0 Å². The van der Waals surface area contributed by atoms with Gasteiger partial charge in [-0.3, -0.25) is 0 Å². The summed E-state index contributed by atoms with van der Waals surface area (Å²) in [5, 5.41) is 2.51. The van der Waals surface area contributed by atoms with E-state index >= 15 is 0 Å². The molecule has 1 fully saturated rings. The normalized spacial score (nSPS) is 16.8. The van der Waals surface area contributed by atoms with Gasteiger partial charge < -0.3 is 5.32 Å². The minimum Gasteiger partial charge on any atom is -0.309 e. The molecule has 1 N–H and O–H groups in total. The predicted molar refractivity (Wildman–Crippen MR) is 61.1 cm³/mol. The van der Waals surface area contributed by atoms with Gasteiger partial charge in [0, 0.05) is 17.5 Å². The minimum atomic E-state index is -4.33. The molecular weight excluding hydrogens is 249 g/mol. The first kappa shape index (κ1) is 12.8. The van der Waals surface area contributed by atoms with Crippen molar-refractivity contribution in [1.82, 2.24) is 10.3 Å². The summed E-state index contributed by atoms with van der Waals surface area (Å²) in [4.78, 5) is 4.45. The van der Waals surface area contributed by atoms with Crippen molar-refractivity contribution in [3.8, 4) is 0 Å². The van der Waals surface area contributed by atoms with Crippen molar-refractivity contribution < 1.29 is 13.2 Å². The first-order chi connectivity index (χ1) is 7.88. The van der Waals surface area contributed by atoms with Crippen LogP contribution < -0.4 is 5.32 Å². The topological polar surface area (TPSA) is 24.9 Å². The fraction of sp³-hybridized carbons (Fsp3) is 0.727. The molecule has 1 aliphatic carbocycles. The molecule has 2 nitrogen and oxygen atoms in total. The average molecular weight is 264 g/mol. The highest BCUT2D eigenvalue weighted by Gasteiger charge is 2.36. The Hall–Kier alpha value is -0.620. The van der Waals surface area contributed by atoms with Crippen molar-refractivity contribution in [3.05, 3.63) is 15.6 Å². The van der Waals surface area contributed by atoms with Crippen LogP contribution >= 0.6 is 11.3 Å². The fourth-order valence-electron chi connectivity index (χ4n) is 1.59. The summed E-state index contributed by atoms with van der Waals surface area (Å²) in [6.45, 7) is 4.25. The molecule has 1 saturated carbocycles. The highest BCUT2D eigenvalue weighted by atomic mass is 32.1. The molecule has 1 aliphatic rings. The number of halogens is 3. The molecule has 1 aromatic heterocycles. The zero-order valence-corrected chi connectivity index (χ0v) is 10.6. The van der Waals surface area contributed by atoms with Crippen LogP contribution in [0.15, 0.2) is 0 Å². The lowest BCUT2D eigenvalue weighted by atomic mass is 10.1. The largest absolute Gasteiger partial charge is 0.443 e. The van der Waals surface area contributed by atoms with E-state index in [0.29, 0.717) is 18.3 Å². The molecule has 6 heteroatoms. The monoisotopic (exact) mass is 264 g/mol. The van der Waals surface area contributed by atoms with Gasteiger partial charge in [-0.1, -0.05) is 13.8 Å². The van der Waals surface area contributed by atoms with Crippen LogP contribution in [0.25, 0.3) is 0 Å². The van der Waals surface area contributed by atoms with Crippen LogP contribution in [0.1, 0.15) is 48.2 Å². The predicted octanol–water partition coefficient (Wildman–Crippen LogP) is 3.54. The lowest BCUT2D eigenvalue weighted by Gasteiger charge is -2.05. The van der Waals surface area contributed by atoms with Crippen LogP contribution in [0.5, 0.6) is 0 Å². The Bertz CT molecular complexity index is 394. The number of nitrogens with zero attached hydrogens (tertiary/aromatic N) is 1. The second kappa shape index (κ2) is 4.57. The van der Waals surface area contributed by atoms with Crippen LogP contribution in [-0.4, -0.2) is 11.0 Å². The standard InChI is InChI=1S/C11H15F3N2S/c1-6(2)9-8(5-15-7-3-4-7)17-10(16-9)11(12,13)14/h6-7,15H,3-5H2,1-2H3. The van der Waals surface area contributed by atoms with Crippen molar-refractivity contribution in [1.29, 1.82) is 0 Å². The Balaban J connectivity index is 2.18. The number of hydrogen-bond acceptors (Lipinski definition) is 3. The number of thiazole rings is 1. The van der Waals surface area contributed by atoms with E-state index in [9.17, 15) is 13.2 Å². The van der Waals surface area contributed by atoms with E-state index in [0.717, 1.165) is 29.1 Å². The van der Waals surface area contributed by atoms with E-state index in [1.54, 1.807) is 0 Å². The number of alkyl halides is 3. The van der Waals surface area contributed by atoms with Crippen LogP contribution in [0.2, 0.25) is 0 Å². The first-order valence-electron chi connectivity index (χ1n) is 5.68. The number of hydrogen-bond donors (Lipinski definition) is 1. The first-order valence-corrected chi connectivity index (χ1v) is 6.49. The Morgan fingerprint density at radius 1 is 1.41 bits per heavy atom. The zero-order valence-electron chi connectivity index (χ0n) is 9.77. The second-order valence-corrected chi connectivity index (χ2v) is 5.72. The van der Waals surface area contributed by atoms with Crippen molar-refractivity contribution in [2.45, 2.75) is 51.4 Å². The Labute approximate surface area is 102 Å². The molecule has 0 aromatic carbocycles. The smallest absolute Gasteiger partial charge is 0.309 e. The lowest BCUT2D eigenvalue weighted by molar-refractivity contribution is -0.137. The maximum atomic E-state index is 12.6. The molecular formula is C11H15F3N2S. The number of rotatable bonds is 4. The summed E-state index contributed by atoms with van der Waals surface area (Å²) < 4.78 is 37.7. The van der Waals surface area contributed by atoms with Gasteiger partial charge >= 0.3 is 6.18 Å². The molecule has 1 aromatic rings. The summed E-state index contributed by atoms with van der Waals surface area (Å²) in [7, 11) is 0. The fourth-order valence-corrected chi connectivity index (χ4v) is 2.62. The van der Waals surface area contributed by atoms with E-state index in [4.69, 9.17) is 0 Å². The van der Waals surface area contributed by atoms with Crippen LogP contribution in [0.3, 0.4) is 0 Å². The van der Waals surface area contributed by atoms with E-state index in [1.807, 2.05) is 13.8 Å². The summed E-state index contributed by atoms with van der Waals surface area (Å²) in [5.74, 6) is 0.0263. The summed E-state index contributed by atoms with van der Waals surface area (Å²) >= 11 is 0.766. The molecule has 0 unspecified atom stereocenters. The molecule has 1 heterocycles. The average Bonchev–Trinajstić information content (AvgIpc) is 2.91. The Morgan fingerprint density at radius 2 is 2.06 bits per heavy atom. The van der Waals surface area contributed by atoms with E-state index in [2.05, 4.69) is 10.3 Å². The molecule has 96 valence electrons. The zero-order chi connectivity index (χ0) is 12.6. The van der Waals surface area contributed by atoms with Gasteiger partial charge in [0.05, 0.1) is 5.69 Å². The van der Waals surface area contributed by atoms with Crippen molar-refractivity contribution >= 4 is 11.3 Å². The van der Waals surface area contributed by atoms with E-state index in [1.165, 1.54) is 0 Å². The van der Waals surface area contributed by atoms with E-state index in [-0.39, 0.29) is 5.92 Å². The van der Waals surface area contributed by atoms with Gasteiger partial charge in [-0.15, -0.1) is 11.3 Å². The maximum Gasteiger partial charge on any atom is 0.443 e. The number of aromatic nitrogens is 1. The van der Waals surface area contributed by atoms with Gasteiger partial charge in [0.2, 0.25) is 0 Å². The second-order valence-electron chi connectivity index (χ2n) is 4.64. The molecule has 0 amide bonds. The molecule has 2 rings (SSSR count). The van der Waals surface area contributed by atoms with Gasteiger partial charge in [-0.2, -0.15) is 13.2 Å². The van der Waals surface area contributed by atoms with Gasteiger partial charge in [-0.05, 0) is 18.8 Å². The van der Waals surface area contributed by atoms with Crippen LogP contribution in [-0.2, 0) is 12.7 Å². The third-order valence-corrected chi connectivity index (χ3v) is 3.76. The quantitative estimate of drug-likeness (QED) is 0.899.